The van der Waals surface area contributed by atoms with Crippen LogP contribution >= 0.6 is 0 Å². The molecule has 0 fully saturated rings. The molecule has 0 radical (unpaired) electrons. The Labute approximate surface area is 92.6 Å². The second-order valence-electron chi connectivity index (χ2n) is 3.37. The van der Waals surface area contributed by atoms with E-state index in [2.05, 4.69) is 5.32 Å². The molecule has 0 aliphatic rings. The number of carboxylic acids is 2. The van der Waals surface area contributed by atoms with E-state index in [9.17, 15) is 14.4 Å². The molecule has 16 heavy (non-hydrogen) atoms. The van der Waals surface area contributed by atoms with Crippen molar-refractivity contribution in [3.05, 3.63) is 0 Å². The van der Waals surface area contributed by atoms with Crippen LogP contribution in [0.5, 0.6) is 0 Å². The van der Waals surface area contributed by atoms with Gasteiger partial charge in [0.15, 0.2) is 0 Å². The summed E-state index contributed by atoms with van der Waals surface area (Å²) >= 11 is 0. The van der Waals surface area contributed by atoms with Crippen LogP contribution in [0.3, 0.4) is 0 Å². The molecule has 92 valence electrons. The smallest absolute Gasteiger partial charge is 0.305 e. The van der Waals surface area contributed by atoms with Gasteiger partial charge in [-0.1, -0.05) is 0 Å². The third kappa shape index (κ3) is 6.91. The molecule has 0 heterocycles. The lowest BCUT2D eigenvalue weighted by Crippen LogP contribution is -2.47. The van der Waals surface area contributed by atoms with Gasteiger partial charge in [-0.2, -0.15) is 0 Å². The van der Waals surface area contributed by atoms with E-state index in [4.69, 9.17) is 15.9 Å². The Morgan fingerprint density at radius 2 is 1.94 bits per heavy atom. The Morgan fingerprint density at radius 1 is 1.31 bits per heavy atom. The van der Waals surface area contributed by atoms with Gasteiger partial charge in [0.05, 0.1) is 12.5 Å². The molecule has 7 nitrogen and oxygen atoms in total. The van der Waals surface area contributed by atoms with Crippen LogP contribution in [0.4, 0.5) is 0 Å². The van der Waals surface area contributed by atoms with Crippen LogP contribution in [0.1, 0.15) is 19.3 Å². The summed E-state index contributed by atoms with van der Waals surface area (Å²) in [6, 6.07) is -1.57. The summed E-state index contributed by atoms with van der Waals surface area (Å²) in [7, 11) is 0. The van der Waals surface area contributed by atoms with Crippen molar-refractivity contribution >= 4 is 18.2 Å². The predicted octanol–water partition coefficient (Wildman–Crippen LogP) is -1.19. The summed E-state index contributed by atoms with van der Waals surface area (Å²) < 4.78 is 0. The number of nitrogens with two attached hydrogens (primary N) is 1. The standard InChI is InChI=1S/C9H16N2O5/c10-6(5-12)7(4-9(15)16)11-3-1-2-8(13)14/h5-7,11H,1-4,10H2,(H,13,14)(H,15,16)/t6-,7?/m1/s1. The molecule has 1 unspecified atom stereocenters. The van der Waals surface area contributed by atoms with Crippen LogP contribution in [0.25, 0.3) is 0 Å². The third-order valence-electron chi connectivity index (χ3n) is 1.99. The molecule has 5 N–H and O–H groups in total. The molecule has 0 bridgehead atoms. The summed E-state index contributed by atoms with van der Waals surface area (Å²) in [5, 5.41) is 19.7. The first kappa shape index (κ1) is 14.5. The molecule has 0 saturated carbocycles. The molecule has 0 saturated heterocycles. The lowest BCUT2D eigenvalue weighted by molar-refractivity contribution is -0.138. The first-order valence-corrected chi connectivity index (χ1v) is 4.85. The van der Waals surface area contributed by atoms with Gasteiger partial charge >= 0.3 is 11.9 Å². The first-order valence-electron chi connectivity index (χ1n) is 4.85. The molecule has 2 atom stereocenters. The van der Waals surface area contributed by atoms with E-state index < -0.39 is 24.0 Å². The zero-order valence-electron chi connectivity index (χ0n) is 8.76. The van der Waals surface area contributed by atoms with Crippen LogP contribution in [0.2, 0.25) is 0 Å². The van der Waals surface area contributed by atoms with Crippen molar-refractivity contribution < 1.29 is 24.6 Å². The van der Waals surface area contributed by atoms with Gasteiger partial charge in [-0.25, -0.2) is 0 Å². The number of carbonyl (C=O) groups excluding carboxylic acids is 1. The second kappa shape index (κ2) is 7.77. The van der Waals surface area contributed by atoms with Gasteiger partial charge in [-0.05, 0) is 13.0 Å². The number of hydrogen-bond donors (Lipinski definition) is 4. The van der Waals surface area contributed by atoms with Crippen LogP contribution in [0, 0.1) is 0 Å². The number of aldehydes is 1. The fourth-order valence-electron chi connectivity index (χ4n) is 1.15. The highest BCUT2D eigenvalue weighted by Gasteiger charge is 2.19. The molecule has 0 aromatic rings. The Kier molecular flexibility index (Phi) is 7.06. The summed E-state index contributed by atoms with van der Waals surface area (Å²) in [5.74, 6) is -1.98. The van der Waals surface area contributed by atoms with Crippen molar-refractivity contribution in [1.29, 1.82) is 0 Å². The number of carboxylic acid groups (broad SMARTS) is 2. The molecule has 0 aliphatic carbocycles. The van der Waals surface area contributed by atoms with Crippen molar-refractivity contribution in [1.82, 2.24) is 5.32 Å². The normalized spacial score (nSPS) is 14.1. The Bertz CT molecular complexity index is 256. The summed E-state index contributed by atoms with van der Waals surface area (Å²) in [5.41, 5.74) is 5.40. The highest BCUT2D eigenvalue weighted by Crippen LogP contribution is 1.97. The molecular weight excluding hydrogens is 216 g/mol. The molecule has 0 rings (SSSR count). The molecule has 0 spiro atoms. The third-order valence-corrected chi connectivity index (χ3v) is 1.99. The zero-order valence-corrected chi connectivity index (χ0v) is 8.76. The van der Waals surface area contributed by atoms with E-state index in [1.807, 2.05) is 0 Å². The Balaban J connectivity index is 3.96. The maximum atomic E-state index is 10.5. The number of nitrogens with one attached hydrogen (secondary N) is 1. The van der Waals surface area contributed by atoms with Crippen molar-refractivity contribution in [2.45, 2.75) is 31.3 Å². The van der Waals surface area contributed by atoms with Crippen molar-refractivity contribution in [3.8, 4) is 0 Å². The van der Waals surface area contributed by atoms with Crippen LogP contribution in [0.15, 0.2) is 0 Å². The first-order chi connectivity index (χ1) is 7.47. The minimum atomic E-state index is -1.06. The lowest BCUT2D eigenvalue weighted by Gasteiger charge is -2.19. The van der Waals surface area contributed by atoms with Gasteiger partial charge < -0.3 is 26.1 Å². The Hall–Kier alpha value is -1.47. The van der Waals surface area contributed by atoms with E-state index in [1.165, 1.54) is 0 Å². The number of hydrogen-bond acceptors (Lipinski definition) is 5. The molecule has 0 aliphatic heterocycles. The van der Waals surface area contributed by atoms with Gasteiger partial charge in [-0.3, -0.25) is 9.59 Å². The summed E-state index contributed by atoms with van der Waals surface area (Å²) in [4.78, 5) is 31.1. The zero-order chi connectivity index (χ0) is 12.6. The quantitative estimate of drug-likeness (QED) is 0.290. The number of carbonyl (C=O) groups is 3. The minimum absolute atomic E-state index is 0.0108. The van der Waals surface area contributed by atoms with E-state index in [1.54, 1.807) is 0 Å². The average Bonchev–Trinajstić information content (AvgIpc) is 2.20. The SMILES string of the molecule is N[C@H](C=O)C(CC(=O)O)NCCCC(=O)O. The van der Waals surface area contributed by atoms with Crippen molar-refractivity contribution in [3.63, 3.8) is 0 Å². The molecular formula is C9H16N2O5. The van der Waals surface area contributed by atoms with E-state index >= 15 is 0 Å². The number of rotatable bonds is 9. The fraction of sp³-hybridized carbons (Fsp3) is 0.667. The van der Waals surface area contributed by atoms with Gasteiger partial charge in [0.2, 0.25) is 0 Å². The molecule has 0 aromatic heterocycles. The summed E-state index contributed by atoms with van der Waals surface area (Å²) in [6.07, 6.45) is 0.547. The Morgan fingerprint density at radius 3 is 2.38 bits per heavy atom. The van der Waals surface area contributed by atoms with Gasteiger partial charge in [-0.15, -0.1) is 0 Å². The molecule has 0 amide bonds. The van der Waals surface area contributed by atoms with Crippen molar-refractivity contribution in [2.24, 2.45) is 5.73 Å². The average molecular weight is 232 g/mol. The van der Waals surface area contributed by atoms with Crippen molar-refractivity contribution in [2.75, 3.05) is 6.54 Å². The van der Waals surface area contributed by atoms with E-state index in [-0.39, 0.29) is 12.8 Å². The largest absolute Gasteiger partial charge is 0.481 e. The van der Waals surface area contributed by atoms with E-state index in [0.29, 0.717) is 19.3 Å². The van der Waals surface area contributed by atoms with Crippen LogP contribution < -0.4 is 11.1 Å². The van der Waals surface area contributed by atoms with Crippen LogP contribution in [-0.2, 0) is 14.4 Å². The highest BCUT2D eigenvalue weighted by molar-refractivity contribution is 5.69. The highest BCUT2D eigenvalue weighted by atomic mass is 16.4. The van der Waals surface area contributed by atoms with Gasteiger partial charge in [0.25, 0.3) is 0 Å². The maximum absolute atomic E-state index is 10.5. The predicted molar refractivity (Wildman–Crippen MR) is 55.0 cm³/mol. The monoisotopic (exact) mass is 232 g/mol. The van der Waals surface area contributed by atoms with Gasteiger partial charge in [0, 0.05) is 12.5 Å². The van der Waals surface area contributed by atoms with E-state index in [0.717, 1.165) is 0 Å². The molecule has 0 aromatic carbocycles. The lowest BCUT2D eigenvalue weighted by atomic mass is 10.1. The topological polar surface area (TPSA) is 130 Å². The second-order valence-corrected chi connectivity index (χ2v) is 3.37. The summed E-state index contributed by atoms with van der Waals surface area (Å²) in [6.45, 7) is 0.311. The fourth-order valence-corrected chi connectivity index (χ4v) is 1.15. The van der Waals surface area contributed by atoms with Crippen LogP contribution in [-0.4, -0.2) is 47.1 Å². The minimum Gasteiger partial charge on any atom is -0.481 e. The van der Waals surface area contributed by atoms with Gasteiger partial charge in [0.1, 0.15) is 6.29 Å². The number of aliphatic carboxylic acids is 2. The molecule has 7 heteroatoms. The maximum Gasteiger partial charge on any atom is 0.305 e.